The van der Waals surface area contributed by atoms with Crippen LogP contribution in [0.15, 0.2) is 23.1 Å². The van der Waals surface area contributed by atoms with Crippen LogP contribution in [-0.4, -0.2) is 52.1 Å². The maximum Gasteiger partial charge on any atom is 0.337 e. The lowest BCUT2D eigenvalue weighted by molar-refractivity contribution is 0.0696. The van der Waals surface area contributed by atoms with Gasteiger partial charge < -0.3 is 14.7 Å². The number of morpholine rings is 1. The van der Waals surface area contributed by atoms with Gasteiger partial charge in [0.2, 0.25) is 0 Å². The number of aromatic carboxylic acids is 1. The molecular weight excluding hydrogens is 270 g/mol. The van der Waals surface area contributed by atoms with Crippen molar-refractivity contribution in [2.45, 2.75) is 4.90 Å². The number of sulfone groups is 1. The summed E-state index contributed by atoms with van der Waals surface area (Å²) < 4.78 is 28.2. The van der Waals surface area contributed by atoms with Crippen molar-refractivity contribution in [1.82, 2.24) is 0 Å². The molecule has 19 heavy (non-hydrogen) atoms. The first kappa shape index (κ1) is 13.8. The van der Waals surface area contributed by atoms with Crippen molar-refractivity contribution in [3.8, 4) is 0 Å². The zero-order chi connectivity index (χ0) is 14.0. The molecule has 0 amide bonds. The van der Waals surface area contributed by atoms with E-state index in [0.717, 1.165) is 6.26 Å². The molecule has 1 aliphatic rings. The van der Waals surface area contributed by atoms with E-state index in [1.54, 1.807) is 6.07 Å². The van der Waals surface area contributed by atoms with E-state index in [1.165, 1.54) is 12.1 Å². The Bertz CT molecular complexity index is 590. The molecule has 1 aliphatic heterocycles. The number of rotatable bonds is 3. The van der Waals surface area contributed by atoms with Gasteiger partial charge in [-0.15, -0.1) is 0 Å². The van der Waals surface area contributed by atoms with Crippen molar-refractivity contribution in [2.75, 3.05) is 37.5 Å². The normalized spacial score (nSPS) is 16.4. The molecule has 0 atom stereocenters. The standard InChI is InChI=1S/C12H15NO5S/c1-19(16,17)9-2-3-11(10(8-9)12(14)15)13-4-6-18-7-5-13/h2-3,8H,4-7H2,1H3,(H,14,15). The third kappa shape index (κ3) is 3.05. The van der Waals surface area contributed by atoms with Gasteiger partial charge >= 0.3 is 5.97 Å². The number of carboxylic acid groups (broad SMARTS) is 1. The molecule has 0 spiro atoms. The lowest BCUT2D eigenvalue weighted by Crippen LogP contribution is -2.37. The number of carbonyl (C=O) groups is 1. The molecule has 0 aromatic heterocycles. The second-order valence-corrected chi connectivity index (χ2v) is 6.37. The molecule has 1 aromatic rings. The van der Waals surface area contributed by atoms with Gasteiger partial charge in [0.05, 0.1) is 29.4 Å². The number of anilines is 1. The van der Waals surface area contributed by atoms with E-state index in [9.17, 15) is 18.3 Å². The summed E-state index contributed by atoms with van der Waals surface area (Å²) in [4.78, 5) is 13.2. The predicted octanol–water partition coefficient (Wildman–Crippen LogP) is 0.625. The summed E-state index contributed by atoms with van der Waals surface area (Å²) in [7, 11) is -3.41. The predicted molar refractivity (Wildman–Crippen MR) is 69.5 cm³/mol. The fraction of sp³-hybridized carbons (Fsp3) is 0.417. The zero-order valence-corrected chi connectivity index (χ0v) is 11.3. The Balaban J connectivity index is 2.46. The van der Waals surface area contributed by atoms with Gasteiger partial charge in [-0.25, -0.2) is 13.2 Å². The van der Waals surface area contributed by atoms with Crippen LogP contribution in [0.2, 0.25) is 0 Å². The van der Waals surface area contributed by atoms with Gasteiger partial charge in [-0.1, -0.05) is 0 Å². The summed E-state index contributed by atoms with van der Waals surface area (Å²) >= 11 is 0. The Morgan fingerprint density at radius 2 is 1.95 bits per heavy atom. The molecule has 1 aromatic carbocycles. The highest BCUT2D eigenvalue weighted by Crippen LogP contribution is 2.25. The van der Waals surface area contributed by atoms with Crippen molar-refractivity contribution >= 4 is 21.5 Å². The SMILES string of the molecule is CS(=O)(=O)c1ccc(N2CCOCC2)c(C(=O)O)c1. The Kier molecular flexibility index (Phi) is 3.77. The summed E-state index contributed by atoms with van der Waals surface area (Å²) in [6, 6.07) is 4.19. The van der Waals surface area contributed by atoms with Crippen LogP contribution < -0.4 is 4.90 Å². The van der Waals surface area contributed by atoms with Crippen LogP contribution in [0.4, 0.5) is 5.69 Å². The highest BCUT2D eigenvalue weighted by atomic mass is 32.2. The van der Waals surface area contributed by atoms with E-state index >= 15 is 0 Å². The van der Waals surface area contributed by atoms with Gasteiger partial charge in [0.15, 0.2) is 9.84 Å². The molecule has 1 heterocycles. The molecule has 1 N–H and O–H groups in total. The van der Waals surface area contributed by atoms with E-state index in [1.807, 2.05) is 4.90 Å². The second kappa shape index (κ2) is 5.18. The van der Waals surface area contributed by atoms with E-state index in [0.29, 0.717) is 32.0 Å². The Morgan fingerprint density at radius 1 is 1.32 bits per heavy atom. The smallest absolute Gasteiger partial charge is 0.337 e. The number of carboxylic acids is 1. The van der Waals surface area contributed by atoms with Crippen molar-refractivity contribution in [3.05, 3.63) is 23.8 Å². The minimum atomic E-state index is -3.41. The van der Waals surface area contributed by atoms with Gasteiger partial charge in [-0.3, -0.25) is 0 Å². The highest BCUT2D eigenvalue weighted by Gasteiger charge is 2.20. The average Bonchev–Trinajstić information content (AvgIpc) is 2.38. The van der Waals surface area contributed by atoms with Crippen molar-refractivity contribution in [2.24, 2.45) is 0 Å². The van der Waals surface area contributed by atoms with Crippen LogP contribution in [0.1, 0.15) is 10.4 Å². The Hall–Kier alpha value is -1.60. The Labute approximate surface area is 111 Å². The molecule has 2 rings (SSSR count). The lowest BCUT2D eigenvalue weighted by atomic mass is 10.1. The van der Waals surface area contributed by atoms with E-state index in [4.69, 9.17) is 4.74 Å². The molecule has 1 saturated heterocycles. The third-order valence-electron chi connectivity index (χ3n) is 2.98. The van der Waals surface area contributed by atoms with Crippen molar-refractivity contribution in [1.29, 1.82) is 0 Å². The van der Waals surface area contributed by atoms with Crippen molar-refractivity contribution < 1.29 is 23.1 Å². The van der Waals surface area contributed by atoms with Crippen LogP contribution in [0.25, 0.3) is 0 Å². The van der Waals surface area contributed by atoms with Crippen LogP contribution in [0.5, 0.6) is 0 Å². The minimum absolute atomic E-state index is 0.00447. The van der Waals surface area contributed by atoms with Gasteiger partial charge in [-0.05, 0) is 18.2 Å². The molecule has 7 heteroatoms. The highest BCUT2D eigenvalue weighted by molar-refractivity contribution is 7.90. The second-order valence-electron chi connectivity index (χ2n) is 4.36. The fourth-order valence-corrected chi connectivity index (χ4v) is 2.64. The summed E-state index contributed by atoms with van der Waals surface area (Å²) in [6.45, 7) is 2.26. The minimum Gasteiger partial charge on any atom is -0.478 e. The molecule has 6 nitrogen and oxygen atoms in total. The van der Waals surface area contributed by atoms with Crippen molar-refractivity contribution in [3.63, 3.8) is 0 Å². The van der Waals surface area contributed by atoms with Gasteiger partial charge in [0, 0.05) is 19.3 Å². The molecule has 104 valence electrons. The van der Waals surface area contributed by atoms with E-state index < -0.39 is 15.8 Å². The lowest BCUT2D eigenvalue weighted by Gasteiger charge is -2.30. The zero-order valence-electron chi connectivity index (χ0n) is 10.5. The number of nitrogens with zero attached hydrogens (tertiary/aromatic N) is 1. The summed E-state index contributed by atoms with van der Waals surface area (Å²) in [5.41, 5.74) is 0.535. The first-order valence-electron chi connectivity index (χ1n) is 5.79. The van der Waals surface area contributed by atoms with Gasteiger partial charge in [0.25, 0.3) is 0 Å². The molecule has 0 aliphatic carbocycles. The maximum absolute atomic E-state index is 11.5. The molecule has 0 saturated carbocycles. The number of hydrogen-bond acceptors (Lipinski definition) is 5. The first-order chi connectivity index (χ1) is 8.89. The Morgan fingerprint density at radius 3 is 2.47 bits per heavy atom. The molecule has 0 bridgehead atoms. The number of ether oxygens (including phenoxy) is 1. The summed E-state index contributed by atoms with van der Waals surface area (Å²) in [5, 5.41) is 9.23. The largest absolute Gasteiger partial charge is 0.478 e. The number of benzene rings is 1. The quantitative estimate of drug-likeness (QED) is 0.876. The molecule has 0 unspecified atom stereocenters. The van der Waals surface area contributed by atoms with Crippen LogP contribution in [0, 0.1) is 0 Å². The molecular formula is C12H15NO5S. The summed E-state index contributed by atoms with van der Waals surface area (Å²) in [6.07, 6.45) is 1.06. The maximum atomic E-state index is 11.5. The molecule has 1 fully saturated rings. The topological polar surface area (TPSA) is 83.9 Å². The van der Waals surface area contributed by atoms with Crippen LogP contribution in [0.3, 0.4) is 0 Å². The fourth-order valence-electron chi connectivity index (χ4n) is 2.00. The number of hydrogen-bond donors (Lipinski definition) is 1. The van der Waals surface area contributed by atoms with E-state index in [2.05, 4.69) is 0 Å². The van der Waals surface area contributed by atoms with Gasteiger partial charge in [-0.2, -0.15) is 0 Å². The van der Waals surface area contributed by atoms with E-state index in [-0.39, 0.29) is 10.5 Å². The van der Waals surface area contributed by atoms with Crippen LogP contribution in [-0.2, 0) is 14.6 Å². The third-order valence-corrected chi connectivity index (χ3v) is 4.09. The summed E-state index contributed by atoms with van der Waals surface area (Å²) in [5.74, 6) is -1.13. The molecule has 0 radical (unpaired) electrons. The van der Waals surface area contributed by atoms with Crippen LogP contribution >= 0.6 is 0 Å². The monoisotopic (exact) mass is 285 g/mol. The van der Waals surface area contributed by atoms with Gasteiger partial charge in [0.1, 0.15) is 0 Å². The average molecular weight is 285 g/mol. The first-order valence-corrected chi connectivity index (χ1v) is 7.69.